The lowest BCUT2D eigenvalue weighted by Gasteiger charge is -2.34. The molecule has 0 bridgehead atoms. The Balaban J connectivity index is 1.37. The Bertz CT molecular complexity index is 581. The molecule has 1 aliphatic heterocycles. The second-order valence-electron chi connectivity index (χ2n) is 6.94. The van der Waals surface area contributed by atoms with Crippen molar-refractivity contribution < 1.29 is 9.59 Å². The van der Waals surface area contributed by atoms with E-state index in [2.05, 4.69) is 25.5 Å². The first-order chi connectivity index (χ1) is 12.7. The fourth-order valence-electron chi connectivity index (χ4n) is 3.53. The molecule has 0 spiro atoms. The molecule has 2 fully saturated rings. The number of anilines is 1. The van der Waals surface area contributed by atoms with Crippen molar-refractivity contribution in [3.63, 3.8) is 0 Å². The van der Waals surface area contributed by atoms with Crippen LogP contribution in [-0.4, -0.2) is 65.6 Å². The van der Waals surface area contributed by atoms with Gasteiger partial charge < -0.3 is 20.4 Å². The average molecular weight is 360 g/mol. The van der Waals surface area contributed by atoms with E-state index in [1.807, 2.05) is 0 Å². The molecular weight excluding hydrogens is 332 g/mol. The van der Waals surface area contributed by atoms with Gasteiger partial charge in [-0.25, -0.2) is 14.8 Å². The van der Waals surface area contributed by atoms with Gasteiger partial charge in [-0.05, 0) is 18.9 Å². The zero-order valence-electron chi connectivity index (χ0n) is 15.2. The molecule has 3 amide bonds. The van der Waals surface area contributed by atoms with Crippen LogP contribution in [0, 0.1) is 0 Å². The van der Waals surface area contributed by atoms with Crippen LogP contribution in [0.3, 0.4) is 0 Å². The molecule has 2 heterocycles. The second-order valence-corrected chi connectivity index (χ2v) is 6.94. The van der Waals surface area contributed by atoms with Crippen molar-refractivity contribution in [2.45, 2.75) is 44.6 Å². The number of carbonyl (C=O) groups is 2. The van der Waals surface area contributed by atoms with Gasteiger partial charge in [0, 0.05) is 44.6 Å². The molecule has 8 heteroatoms. The second kappa shape index (κ2) is 9.35. The number of aromatic nitrogens is 2. The highest BCUT2D eigenvalue weighted by Crippen LogP contribution is 2.17. The number of nitrogens with zero attached hydrogens (tertiary/aromatic N) is 4. The number of hydrogen-bond acceptors (Lipinski definition) is 5. The van der Waals surface area contributed by atoms with Gasteiger partial charge in [-0.2, -0.15) is 0 Å². The Morgan fingerprint density at radius 2 is 1.65 bits per heavy atom. The van der Waals surface area contributed by atoms with E-state index < -0.39 is 0 Å². The van der Waals surface area contributed by atoms with Crippen molar-refractivity contribution >= 4 is 17.9 Å². The maximum absolute atomic E-state index is 12.3. The molecule has 142 valence electrons. The minimum absolute atomic E-state index is 0.0390. The molecule has 0 atom stereocenters. The molecule has 8 nitrogen and oxygen atoms in total. The summed E-state index contributed by atoms with van der Waals surface area (Å²) in [5.41, 5.74) is 0. The molecule has 1 saturated heterocycles. The lowest BCUT2D eigenvalue weighted by atomic mass is 10.1. The average Bonchev–Trinajstić information content (AvgIpc) is 2.95. The van der Waals surface area contributed by atoms with E-state index in [0.717, 1.165) is 12.8 Å². The summed E-state index contributed by atoms with van der Waals surface area (Å²) < 4.78 is 0. The van der Waals surface area contributed by atoms with Crippen molar-refractivity contribution in [1.82, 2.24) is 25.5 Å². The highest BCUT2D eigenvalue weighted by atomic mass is 16.2. The Kier molecular flexibility index (Phi) is 6.62. The van der Waals surface area contributed by atoms with Crippen molar-refractivity contribution in [2.24, 2.45) is 0 Å². The highest BCUT2D eigenvalue weighted by molar-refractivity contribution is 5.84. The van der Waals surface area contributed by atoms with Crippen LogP contribution in [0.15, 0.2) is 18.5 Å². The fourth-order valence-corrected chi connectivity index (χ4v) is 3.53. The lowest BCUT2D eigenvalue weighted by Crippen LogP contribution is -2.53. The summed E-state index contributed by atoms with van der Waals surface area (Å²) in [5.74, 6) is 0.594. The van der Waals surface area contributed by atoms with Crippen molar-refractivity contribution in [1.29, 1.82) is 0 Å². The minimum Gasteiger partial charge on any atom is -0.352 e. The predicted molar refractivity (Wildman–Crippen MR) is 98.8 cm³/mol. The van der Waals surface area contributed by atoms with Gasteiger partial charge in [0.15, 0.2) is 0 Å². The molecule has 0 radical (unpaired) electrons. The normalized spacial score (nSPS) is 18.9. The van der Waals surface area contributed by atoms with Crippen molar-refractivity contribution in [2.75, 3.05) is 37.6 Å². The van der Waals surface area contributed by atoms with Crippen LogP contribution in [0.1, 0.15) is 38.5 Å². The SMILES string of the molecule is O=C(CNC(=O)N1CCN(c2ncccn2)CC1)NC1CCCCCC1. The molecule has 1 aliphatic carbocycles. The first-order valence-corrected chi connectivity index (χ1v) is 9.56. The van der Waals surface area contributed by atoms with Gasteiger partial charge in [-0.3, -0.25) is 4.79 Å². The molecule has 2 N–H and O–H groups in total. The summed E-state index contributed by atoms with van der Waals surface area (Å²) >= 11 is 0. The number of nitrogens with one attached hydrogen (secondary N) is 2. The molecule has 1 aromatic rings. The van der Waals surface area contributed by atoms with E-state index in [4.69, 9.17) is 0 Å². The molecule has 26 heavy (non-hydrogen) atoms. The van der Waals surface area contributed by atoms with Gasteiger partial charge in [-0.15, -0.1) is 0 Å². The summed E-state index contributed by atoms with van der Waals surface area (Å²) in [6.45, 7) is 2.59. The van der Waals surface area contributed by atoms with E-state index >= 15 is 0 Å². The highest BCUT2D eigenvalue weighted by Gasteiger charge is 2.23. The third-order valence-electron chi connectivity index (χ3n) is 5.02. The number of rotatable bonds is 4. The van der Waals surface area contributed by atoms with Crippen LogP contribution in [0.5, 0.6) is 0 Å². The van der Waals surface area contributed by atoms with Gasteiger partial charge in [0.2, 0.25) is 11.9 Å². The van der Waals surface area contributed by atoms with Crippen LogP contribution in [0.25, 0.3) is 0 Å². The summed E-state index contributed by atoms with van der Waals surface area (Å²) in [7, 11) is 0. The van der Waals surface area contributed by atoms with Crippen molar-refractivity contribution in [3.8, 4) is 0 Å². The number of piperazine rings is 1. The Morgan fingerprint density at radius 1 is 1.00 bits per heavy atom. The maximum atomic E-state index is 12.3. The number of hydrogen-bond donors (Lipinski definition) is 2. The summed E-state index contributed by atoms with van der Waals surface area (Å²) in [4.78, 5) is 36.6. The van der Waals surface area contributed by atoms with E-state index in [-0.39, 0.29) is 24.5 Å². The summed E-state index contributed by atoms with van der Waals surface area (Å²) in [6.07, 6.45) is 10.4. The summed E-state index contributed by atoms with van der Waals surface area (Å²) in [6, 6.07) is 1.86. The zero-order chi connectivity index (χ0) is 18.2. The molecule has 0 unspecified atom stereocenters. The third-order valence-corrected chi connectivity index (χ3v) is 5.02. The minimum atomic E-state index is -0.186. The number of urea groups is 1. The van der Waals surface area contributed by atoms with Gasteiger partial charge in [0.05, 0.1) is 6.54 Å². The maximum Gasteiger partial charge on any atom is 0.317 e. The Hall–Kier alpha value is -2.38. The predicted octanol–water partition coefficient (Wildman–Crippen LogP) is 1.15. The topological polar surface area (TPSA) is 90.5 Å². The fraction of sp³-hybridized carbons (Fsp3) is 0.667. The van der Waals surface area contributed by atoms with E-state index in [9.17, 15) is 9.59 Å². The van der Waals surface area contributed by atoms with Crippen LogP contribution in [0.2, 0.25) is 0 Å². The monoisotopic (exact) mass is 360 g/mol. The van der Waals surface area contributed by atoms with E-state index in [0.29, 0.717) is 32.1 Å². The standard InChI is InChI=1S/C18H28N6O2/c25-16(22-15-6-3-1-2-4-7-15)14-21-18(26)24-12-10-23(11-13-24)17-19-8-5-9-20-17/h5,8-9,15H,1-4,6-7,10-14H2,(H,21,26)(H,22,25). The molecule has 0 aromatic carbocycles. The summed E-state index contributed by atoms with van der Waals surface area (Å²) in [5, 5.41) is 5.79. The number of amides is 3. The zero-order valence-corrected chi connectivity index (χ0v) is 15.2. The Labute approximate surface area is 154 Å². The largest absolute Gasteiger partial charge is 0.352 e. The molecule has 1 aromatic heterocycles. The number of carbonyl (C=O) groups excluding carboxylic acids is 2. The third kappa shape index (κ3) is 5.31. The van der Waals surface area contributed by atoms with Gasteiger partial charge in [0.25, 0.3) is 0 Å². The molecule has 3 rings (SSSR count). The van der Waals surface area contributed by atoms with Crippen LogP contribution in [-0.2, 0) is 4.79 Å². The van der Waals surface area contributed by atoms with Gasteiger partial charge >= 0.3 is 6.03 Å². The van der Waals surface area contributed by atoms with Crippen LogP contribution >= 0.6 is 0 Å². The van der Waals surface area contributed by atoms with Crippen LogP contribution < -0.4 is 15.5 Å². The molecule has 1 saturated carbocycles. The van der Waals surface area contributed by atoms with E-state index in [1.54, 1.807) is 23.4 Å². The van der Waals surface area contributed by atoms with Crippen LogP contribution in [0.4, 0.5) is 10.7 Å². The molecular formula is C18H28N6O2. The van der Waals surface area contributed by atoms with Crippen molar-refractivity contribution in [3.05, 3.63) is 18.5 Å². The Morgan fingerprint density at radius 3 is 2.31 bits per heavy atom. The first-order valence-electron chi connectivity index (χ1n) is 9.56. The quantitative estimate of drug-likeness (QED) is 0.786. The smallest absolute Gasteiger partial charge is 0.317 e. The molecule has 2 aliphatic rings. The lowest BCUT2D eigenvalue weighted by molar-refractivity contribution is -0.120. The van der Waals surface area contributed by atoms with Gasteiger partial charge in [0.1, 0.15) is 0 Å². The first kappa shape index (κ1) is 18.4. The van der Waals surface area contributed by atoms with E-state index in [1.165, 1.54) is 25.7 Å². The van der Waals surface area contributed by atoms with Gasteiger partial charge in [-0.1, -0.05) is 25.7 Å².